The van der Waals surface area contributed by atoms with Gasteiger partial charge in [0, 0.05) is 13.1 Å². The van der Waals surface area contributed by atoms with E-state index in [2.05, 4.69) is 19.9 Å². The standard InChI is InChI=1S/C24H25NO4/c1-14(2)7-6-11-24(3)12-10-15-19(29-24)13-17-20(22(15)27)23(28)16-8-5-9-18(26)21(16)25(17)4/h5,7-10,12-13,26-27H,6,11H2,1-4H3/t24-/m0/s1. The molecule has 2 N–H and O–H groups in total. The molecule has 2 heterocycles. The molecule has 150 valence electrons. The van der Waals surface area contributed by atoms with Gasteiger partial charge in [0.25, 0.3) is 0 Å². The van der Waals surface area contributed by atoms with Crippen LogP contribution >= 0.6 is 0 Å². The monoisotopic (exact) mass is 391 g/mol. The lowest BCUT2D eigenvalue weighted by atomic mass is 9.93. The number of fused-ring (bicyclic) bond motifs is 3. The molecule has 0 saturated heterocycles. The summed E-state index contributed by atoms with van der Waals surface area (Å²) >= 11 is 0. The zero-order chi connectivity index (χ0) is 20.9. The molecule has 1 aliphatic heterocycles. The van der Waals surface area contributed by atoms with Crippen molar-refractivity contribution in [3.63, 3.8) is 0 Å². The Morgan fingerprint density at radius 3 is 2.76 bits per heavy atom. The average molecular weight is 391 g/mol. The van der Waals surface area contributed by atoms with Crippen LogP contribution in [0.1, 0.15) is 39.2 Å². The van der Waals surface area contributed by atoms with E-state index in [0.717, 1.165) is 12.8 Å². The fourth-order valence-electron chi connectivity index (χ4n) is 4.03. The van der Waals surface area contributed by atoms with Gasteiger partial charge >= 0.3 is 0 Å². The first kappa shape index (κ1) is 19.1. The van der Waals surface area contributed by atoms with Crippen molar-refractivity contribution >= 4 is 27.9 Å². The quantitative estimate of drug-likeness (QED) is 0.486. The Morgan fingerprint density at radius 2 is 2.03 bits per heavy atom. The fourth-order valence-corrected chi connectivity index (χ4v) is 4.03. The molecule has 4 rings (SSSR count). The third kappa shape index (κ3) is 3.07. The highest BCUT2D eigenvalue weighted by molar-refractivity contribution is 6.01. The number of allylic oxidation sites excluding steroid dienone is 2. The van der Waals surface area contributed by atoms with Gasteiger partial charge < -0.3 is 19.5 Å². The summed E-state index contributed by atoms with van der Waals surface area (Å²) in [6.07, 6.45) is 7.63. The Labute approximate surface area is 169 Å². The van der Waals surface area contributed by atoms with Crippen molar-refractivity contribution in [1.29, 1.82) is 0 Å². The molecule has 1 aliphatic rings. The van der Waals surface area contributed by atoms with Gasteiger partial charge in [0.15, 0.2) is 0 Å². The first-order chi connectivity index (χ1) is 13.7. The lowest BCUT2D eigenvalue weighted by Gasteiger charge is -2.32. The van der Waals surface area contributed by atoms with Crippen LogP contribution in [0.4, 0.5) is 0 Å². The zero-order valence-corrected chi connectivity index (χ0v) is 17.1. The molecular formula is C24H25NO4. The summed E-state index contributed by atoms with van der Waals surface area (Å²) in [6.45, 7) is 6.15. The van der Waals surface area contributed by atoms with Crippen LogP contribution in [-0.4, -0.2) is 20.4 Å². The van der Waals surface area contributed by atoms with Gasteiger partial charge in [-0.2, -0.15) is 0 Å². The Morgan fingerprint density at radius 1 is 1.28 bits per heavy atom. The zero-order valence-electron chi connectivity index (χ0n) is 17.1. The molecule has 1 atom stereocenters. The maximum atomic E-state index is 13.1. The van der Waals surface area contributed by atoms with Gasteiger partial charge in [-0.1, -0.05) is 17.7 Å². The van der Waals surface area contributed by atoms with Gasteiger partial charge in [-0.15, -0.1) is 0 Å². The number of phenolic OH excluding ortho intramolecular Hbond substituents is 2. The normalized spacial score (nSPS) is 17.9. The maximum absolute atomic E-state index is 13.1. The minimum absolute atomic E-state index is 0.0218. The Kier molecular flexibility index (Phi) is 4.41. The maximum Gasteiger partial charge on any atom is 0.201 e. The minimum Gasteiger partial charge on any atom is -0.506 e. The summed E-state index contributed by atoms with van der Waals surface area (Å²) in [5.41, 5.74) is 1.91. The second kappa shape index (κ2) is 6.69. The van der Waals surface area contributed by atoms with Crippen molar-refractivity contribution in [3.05, 3.63) is 57.8 Å². The lowest BCUT2D eigenvalue weighted by molar-refractivity contribution is 0.128. The highest BCUT2D eigenvalue weighted by Crippen LogP contribution is 2.42. The number of rotatable bonds is 3. The van der Waals surface area contributed by atoms with E-state index in [1.165, 1.54) is 5.57 Å². The van der Waals surface area contributed by atoms with Crippen molar-refractivity contribution in [3.8, 4) is 17.2 Å². The van der Waals surface area contributed by atoms with Crippen LogP contribution in [0.3, 0.4) is 0 Å². The summed E-state index contributed by atoms with van der Waals surface area (Å²) in [7, 11) is 1.77. The fraction of sp³-hybridized carbons (Fsp3) is 0.292. The van der Waals surface area contributed by atoms with Crippen molar-refractivity contribution in [2.45, 2.75) is 39.2 Å². The number of aromatic nitrogens is 1. The first-order valence-electron chi connectivity index (χ1n) is 9.74. The van der Waals surface area contributed by atoms with Crippen LogP contribution in [0.25, 0.3) is 27.9 Å². The molecule has 5 heteroatoms. The van der Waals surface area contributed by atoms with Gasteiger partial charge in [0.05, 0.1) is 27.4 Å². The average Bonchev–Trinajstić information content (AvgIpc) is 2.65. The summed E-state index contributed by atoms with van der Waals surface area (Å²) in [5, 5.41) is 21.8. The number of aromatic hydroxyl groups is 2. The molecule has 0 bridgehead atoms. The number of aryl methyl sites for hydroxylation is 1. The second-order valence-electron chi connectivity index (χ2n) is 8.16. The number of para-hydroxylation sites is 1. The molecule has 0 amide bonds. The number of benzene rings is 2. The number of phenols is 2. The minimum atomic E-state index is -0.503. The number of hydrogen-bond acceptors (Lipinski definition) is 4. The molecule has 2 aromatic carbocycles. The predicted molar refractivity (Wildman–Crippen MR) is 117 cm³/mol. The summed E-state index contributed by atoms with van der Waals surface area (Å²) in [6, 6.07) is 6.61. The van der Waals surface area contributed by atoms with Crippen LogP contribution in [-0.2, 0) is 7.05 Å². The van der Waals surface area contributed by atoms with Gasteiger partial charge in [-0.25, -0.2) is 0 Å². The molecule has 5 nitrogen and oxygen atoms in total. The largest absolute Gasteiger partial charge is 0.506 e. The number of nitrogens with zero attached hydrogens (tertiary/aromatic N) is 1. The van der Waals surface area contributed by atoms with Gasteiger partial charge in [-0.3, -0.25) is 4.79 Å². The second-order valence-corrected chi connectivity index (χ2v) is 8.16. The van der Waals surface area contributed by atoms with Crippen LogP contribution in [0.2, 0.25) is 0 Å². The van der Waals surface area contributed by atoms with E-state index in [-0.39, 0.29) is 22.3 Å². The summed E-state index contributed by atoms with van der Waals surface area (Å²) in [4.78, 5) is 13.1. The molecule has 0 radical (unpaired) electrons. The molecule has 29 heavy (non-hydrogen) atoms. The van der Waals surface area contributed by atoms with Crippen molar-refractivity contribution in [2.24, 2.45) is 7.05 Å². The van der Waals surface area contributed by atoms with Crippen LogP contribution in [0.15, 0.2) is 46.8 Å². The number of pyridine rings is 1. The van der Waals surface area contributed by atoms with E-state index in [1.807, 2.05) is 19.1 Å². The van der Waals surface area contributed by atoms with Crippen molar-refractivity contribution < 1.29 is 14.9 Å². The van der Waals surface area contributed by atoms with E-state index < -0.39 is 5.60 Å². The third-order valence-corrected chi connectivity index (χ3v) is 5.60. The van der Waals surface area contributed by atoms with E-state index in [9.17, 15) is 15.0 Å². The van der Waals surface area contributed by atoms with Gasteiger partial charge in [0.1, 0.15) is 22.8 Å². The summed E-state index contributed by atoms with van der Waals surface area (Å²) in [5.74, 6) is 0.460. The van der Waals surface area contributed by atoms with Crippen LogP contribution in [0.5, 0.6) is 17.2 Å². The third-order valence-electron chi connectivity index (χ3n) is 5.60. The highest BCUT2D eigenvalue weighted by atomic mass is 16.5. The Balaban J connectivity index is 1.92. The molecule has 0 aliphatic carbocycles. The van der Waals surface area contributed by atoms with Gasteiger partial charge in [0.2, 0.25) is 5.43 Å². The summed E-state index contributed by atoms with van der Waals surface area (Å²) < 4.78 is 8.00. The van der Waals surface area contributed by atoms with Crippen molar-refractivity contribution in [1.82, 2.24) is 4.57 Å². The molecule has 0 unspecified atom stereocenters. The Hall–Kier alpha value is -3.21. The molecule has 3 aromatic rings. The van der Waals surface area contributed by atoms with Gasteiger partial charge in [-0.05, 0) is 57.9 Å². The number of hydrogen-bond donors (Lipinski definition) is 2. The van der Waals surface area contributed by atoms with E-state index in [1.54, 1.807) is 35.9 Å². The highest BCUT2D eigenvalue weighted by Gasteiger charge is 2.30. The first-order valence-corrected chi connectivity index (χ1v) is 9.74. The van der Waals surface area contributed by atoms with E-state index >= 15 is 0 Å². The van der Waals surface area contributed by atoms with Crippen molar-refractivity contribution in [2.75, 3.05) is 0 Å². The SMILES string of the molecule is CC(C)=CCC[C@@]1(C)C=Cc2c(cc3c(c2O)c(=O)c2cccc(O)c2n3C)O1. The molecule has 1 aromatic heterocycles. The Bertz CT molecular complexity index is 1260. The molecule has 0 spiro atoms. The van der Waals surface area contributed by atoms with E-state index in [4.69, 9.17) is 4.74 Å². The smallest absolute Gasteiger partial charge is 0.201 e. The topological polar surface area (TPSA) is 71.7 Å². The van der Waals surface area contributed by atoms with Crippen LogP contribution in [0, 0.1) is 0 Å². The van der Waals surface area contributed by atoms with E-state index in [0.29, 0.717) is 27.7 Å². The lowest BCUT2D eigenvalue weighted by Crippen LogP contribution is -2.31. The number of ether oxygens (including phenoxy) is 1. The predicted octanol–water partition coefficient (Wildman–Crippen LogP) is 5.01. The van der Waals surface area contributed by atoms with Crippen LogP contribution < -0.4 is 10.2 Å². The molecular weight excluding hydrogens is 366 g/mol. The molecule has 0 saturated carbocycles. The molecule has 0 fully saturated rings.